The summed E-state index contributed by atoms with van der Waals surface area (Å²) < 4.78 is 4.67. The summed E-state index contributed by atoms with van der Waals surface area (Å²) in [4.78, 5) is 51.0. The van der Waals surface area contributed by atoms with Gasteiger partial charge in [0.25, 0.3) is 5.91 Å². The van der Waals surface area contributed by atoms with Crippen LogP contribution in [0.2, 0.25) is 0 Å². The number of esters is 1. The maximum Gasteiger partial charge on any atom is 0.339 e. The molecule has 4 rings (SSSR count). The van der Waals surface area contributed by atoms with Crippen LogP contribution in [0.15, 0.2) is 35.0 Å². The van der Waals surface area contributed by atoms with E-state index in [2.05, 4.69) is 10.1 Å². The highest BCUT2D eigenvalue weighted by Gasteiger charge is 2.55. The molecule has 0 saturated carbocycles. The number of methoxy groups -OCH3 is 1. The Labute approximate surface area is 158 Å². The summed E-state index contributed by atoms with van der Waals surface area (Å²) in [5.41, 5.74) is 0.989. The zero-order chi connectivity index (χ0) is 19.2. The topological polar surface area (TPSA) is 92.8 Å². The minimum atomic E-state index is -1.10. The van der Waals surface area contributed by atoms with Crippen molar-refractivity contribution in [1.29, 1.82) is 0 Å². The second-order valence-corrected chi connectivity index (χ2v) is 7.24. The number of fused-ring (bicyclic) bond motifs is 2. The van der Waals surface area contributed by atoms with Crippen molar-refractivity contribution in [3.05, 3.63) is 57.3 Å². The summed E-state index contributed by atoms with van der Waals surface area (Å²) in [6, 6.07) is 6.89. The van der Waals surface area contributed by atoms with Gasteiger partial charge in [0, 0.05) is 16.3 Å². The third-order valence-corrected chi connectivity index (χ3v) is 5.84. The average molecular weight is 384 g/mol. The normalized spacial score (nSPS) is 20.7. The molecule has 1 N–H and O–H groups in total. The average Bonchev–Trinajstić information content (AvgIpc) is 3.36. The number of aryl methyl sites for hydroxylation is 1. The van der Waals surface area contributed by atoms with Gasteiger partial charge in [-0.3, -0.25) is 14.5 Å². The van der Waals surface area contributed by atoms with Crippen molar-refractivity contribution in [2.45, 2.75) is 18.4 Å². The van der Waals surface area contributed by atoms with Crippen molar-refractivity contribution in [3.8, 4) is 0 Å². The van der Waals surface area contributed by atoms with Gasteiger partial charge in [0.2, 0.25) is 0 Å². The number of carbonyl (C=O) groups excluding carboxylic acids is 4. The number of carbonyl (C=O) groups is 4. The van der Waals surface area contributed by atoms with Crippen LogP contribution in [0.25, 0.3) is 0 Å². The molecule has 2 aromatic rings. The number of urea groups is 1. The Morgan fingerprint density at radius 1 is 1.22 bits per heavy atom. The highest BCUT2D eigenvalue weighted by Crippen LogP contribution is 2.41. The van der Waals surface area contributed by atoms with Crippen LogP contribution >= 0.6 is 11.3 Å². The molecular weight excluding hydrogens is 368 g/mol. The van der Waals surface area contributed by atoms with Gasteiger partial charge in [0.15, 0.2) is 5.78 Å². The number of imide groups is 1. The third-order valence-electron chi connectivity index (χ3n) is 5.09. The molecule has 1 aromatic heterocycles. The first-order valence-electron chi connectivity index (χ1n) is 8.38. The van der Waals surface area contributed by atoms with E-state index in [1.165, 1.54) is 29.2 Å². The van der Waals surface area contributed by atoms with Crippen LogP contribution in [0.3, 0.4) is 0 Å². The fraction of sp³-hybridized carbons (Fsp3) is 0.263. The Kier molecular flexibility index (Phi) is 4.07. The second kappa shape index (κ2) is 6.31. The molecule has 1 aromatic carbocycles. The number of ketones is 1. The fourth-order valence-corrected chi connectivity index (χ4v) is 4.56. The summed E-state index contributed by atoms with van der Waals surface area (Å²) in [6.07, 6.45) is 1.15. The first kappa shape index (κ1) is 17.4. The first-order chi connectivity index (χ1) is 13.0. The Bertz CT molecular complexity index is 982. The van der Waals surface area contributed by atoms with Crippen LogP contribution in [0.5, 0.6) is 0 Å². The molecular formula is C19H16N2O5S. The number of ether oxygens (including phenoxy) is 1. The van der Waals surface area contributed by atoms with Crippen LogP contribution in [-0.4, -0.2) is 42.2 Å². The van der Waals surface area contributed by atoms with Gasteiger partial charge in [-0.05, 0) is 24.0 Å². The van der Waals surface area contributed by atoms with Gasteiger partial charge in [-0.25, -0.2) is 9.59 Å². The van der Waals surface area contributed by atoms with E-state index in [0.29, 0.717) is 12.8 Å². The SMILES string of the molecule is COC(=O)c1cscc1C(=O)CN1C(=O)NC2(CCc3ccccc32)C1=O. The predicted molar refractivity (Wildman–Crippen MR) is 96.7 cm³/mol. The minimum absolute atomic E-state index is 0.139. The summed E-state index contributed by atoms with van der Waals surface area (Å²) in [5, 5.41) is 5.82. The van der Waals surface area contributed by atoms with E-state index in [0.717, 1.165) is 16.0 Å². The Morgan fingerprint density at radius 3 is 2.74 bits per heavy atom. The molecule has 27 heavy (non-hydrogen) atoms. The van der Waals surface area contributed by atoms with Gasteiger partial charge < -0.3 is 10.1 Å². The molecule has 138 valence electrons. The Hall–Kier alpha value is -3.00. The van der Waals surface area contributed by atoms with Gasteiger partial charge in [0.1, 0.15) is 5.54 Å². The van der Waals surface area contributed by atoms with E-state index in [4.69, 9.17) is 0 Å². The maximum absolute atomic E-state index is 13.1. The zero-order valence-corrected chi connectivity index (χ0v) is 15.3. The molecule has 1 unspecified atom stereocenters. The molecule has 1 aliphatic heterocycles. The number of hydrogen-bond acceptors (Lipinski definition) is 6. The summed E-state index contributed by atoms with van der Waals surface area (Å²) in [5.74, 6) is -1.54. The van der Waals surface area contributed by atoms with Crippen LogP contribution < -0.4 is 5.32 Å². The van der Waals surface area contributed by atoms with Crippen LogP contribution in [-0.2, 0) is 21.5 Å². The van der Waals surface area contributed by atoms with Crippen LogP contribution in [0, 0.1) is 0 Å². The second-order valence-electron chi connectivity index (χ2n) is 6.50. The monoisotopic (exact) mass is 384 g/mol. The highest BCUT2D eigenvalue weighted by atomic mass is 32.1. The molecule has 1 fully saturated rings. The smallest absolute Gasteiger partial charge is 0.339 e. The predicted octanol–water partition coefficient (Wildman–Crippen LogP) is 2.11. The highest BCUT2D eigenvalue weighted by molar-refractivity contribution is 7.08. The zero-order valence-electron chi connectivity index (χ0n) is 14.5. The van der Waals surface area contributed by atoms with E-state index in [9.17, 15) is 19.2 Å². The molecule has 2 aliphatic rings. The van der Waals surface area contributed by atoms with Crippen molar-refractivity contribution in [1.82, 2.24) is 10.2 Å². The fourth-order valence-electron chi connectivity index (χ4n) is 3.74. The summed E-state index contributed by atoms with van der Waals surface area (Å²) in [6.45, 7) is -0.421. The van der Waals surface area contributed by atoms with Gasteiger partial charge in [0.05, 0.1) is 19.2 Å². The maximum atomic E-state index is 13.1. The lowest BCUT2D eigenvalue weighted by atomic mass is 9.92. The molecule has 3 amide bonds. The minimum Gasteiger partial charge on any atom is -0.465 e. The number of benzene rings is 1. The van der Waals surface area contributed by atoms with Crippen LogP contribution in [0.4, 0.5) is 4.79 Å². The largest absolute Gasteiger partial charge is 0.465 e. The lowest BCUT2D eigenvalue weighted by Gasteiger charge is -2.22. The number of nitrogens with zero attached hydrogens (tertiary/aromatic N) is 1. The van der Waals surface area contributed by atoms with Crippen molar-refractivity contribution in [2.75, 3.05) is 13.7 Å². The van der Waals surface area contributed by atoms with E-state index >= 15 is 0 Å². The molecule has 1 aliphatic carbocycles. The van der Waals surface area contributed by atoms with E-state index in [-0.39, 0.29) is 11.1 Å². The quantitative estimate of drug-likeness (QED) is 0.495. The molecule has 1 atom stereocenters. The molecule has 8 heteroatoms. The molecule has 7 nitrogen and oxygen atoms in total. The van der Waals surface area contributed by atoms with Crippen molar-refractivity contribution < 1.29 is 23.9 Å². The first-order valence-corrected chi connectivity index (χ1v) is 9.32. The molecule has 2 heterocycles. The number of thiophene rings is 1. The van der Waals surface area contributed by atoms with Gasteiger partial charge in [-0.2, -0.15) is 11.3 Å². The lowest BCUT2D eigenvalue weighted by Crippen LogP contribution is -2.42. The number of Topliss-reactive ketones (excluding diaryl/α,β-unsaturated/α-hetero) is 1. The van der Waals surface area contributed by atoms with E-state index < -0.39 is 35.8 Å². The van der Waals surface area contributed by atoms with Gasteiger partial charge in [-0.1, -0.05) is 24.3 Å². The number of rotatable bonds is 4. The summed E-state index contributed by atoms with van der Waals surface area (Å²) >= 11 is 1.18. The molecule has 0 radical (unpaired) electrons. The number of amides is 3. The lowest BCUT2D eigenvalue weighted by molar-refractivity contribution is -0.131. The molecule has 1 spiro atoms. The van der Waals surface area contributed by atoms with Crippen molar-refractivity contribution in [2.24, 2.45) is 0 Å². The number of nitrogens with one attached hydrogen (secondary N) is 1. The Morgan fingerprint density at radius 2 is 1.96 bits per heavy atom. The van der Waals surface area contributed by atoms with E-state index in [1.807, 2.05) is 24.3 Å². The van der Waals surface area contributed by atoms with E-state index in [1.54, 1.807) is 0 Å². The number of hydrogen-bond donors (Lipinski definition) is 1. The Balaban J connectivity index is 1.61. The molecule has 0 bridgehead atoms. The van der Waals surface area contributed by atoms with Crippen molar-refractivity contribution >= 4 is 35.0 Å². The van der Waals surface area contributed by atoms with Gasteiger partial charge >= 0.3 is 12.0 Å². The van der Waals surface area contributed by atoms with Gasteiger partial charge in [-0.15, -0.1) is 0 Å². The summed E-state index contributed by atoms with van der Waals surface area (Å²) in [7, 11) is 1.23. The van der Waals surface area contributed by atoms with Crippen molar-refractivity contribution in [3.63, 3.8) is 0 Å². The van der Waals surface area contributed by atoms with Crippen LogP contribution in [0.1, 0.15) is 38.3 Å². The molecule has 1 saturated heterocycles. The standard InChI is InChI=1S/C19H16N2O5S/c1-26-16(23)13-10-27-9-12(13)15(22)8-21-17(24)19(20-18(21)25)7-6-11-4-2-3-5-14(11)19/h2-5,9-10H,6-8H2,1H3,(H,20,25). The third kappa shape index (κ3) is 2.56.